The first-order valence-electron chi connectivity index (χ1n) is 5.75. The zero-order valence-corrected chi connectivity index (χ0v) is 10.6. The first-order chi connectivity index (χ1) is 7.53. The third kappa shape index (κ3) is 1.11. The molecule has 16 heavy (non-hydrogen) atoms. The molecular formula is C12H15ClO2S. The molecule has 1 saturated carbocycles. The van der Waals surface area contributed by atoms with Crippen LogP contribution in [0, 0.1) is 10.8 Å². The highest BCUT2D eigenvalue weighted by molar-refractivity contribution is 7.93. The van der Waals surface area contributed by atoms with E-state index in [0.29, 0.717) is 0 Å². The molecule has 3 atom stereocenters. The van der Waals surface area contributed by atoms with Crippen LogP contribution in [-0.4, -0.2) is 18.9 Å². The van der Waals surface area contributed by atoms with Gasteiger partial charge in [-0.3, -0.25) is 0 Å². The van der Waals surface area contributed by atoms with Crippen molar-refractivity contribution in [2.75, 3.05) is 5.75 Å². The Morgan fingerprint density at radius 2 is 1.81 bits per heavy atom. The molecule has 2 nitrogen and oxygen atoms in total. The quantitative estimate of drug-likeness (QED) is 0.626. The monoisotopic (exact) mass is 258 g/mol. The number of allylic oxidation sites excluding steroid dienone is 4. The second-order valence-electron chi connectivity index (χ2n) is 5.25. The third-order valence-corrected chi connectivity index (χ3v) is 7.66. The Balaban J connectivity index is 2.23. The Morgan fingerprint density at radius 3 is 2.56 bits per heavy atom. The SMILES string of the molecule is O=S1(=O)C[C@]23C=CC=C[C@]2(CCCC3)[C@@H]1Cl. The molecule has 3 rings (SSSR count). The van der Waals surface area contributed by atoms with E-state index in [4.69, 9.17) is 11.6 Å². The molecule has 2 aliphatic carbocycles. The summed E-state index contributed by atoms with van der Waals surface area (Å²) in [5.74, 6) is 0.231. The van der Waals surface area contributed by atoms with Gasteiger partial charge in [-0.2, -0.15) is 0 Å². The summed E-state index contributed by atoms with van der Waals surface area (Å²) in [6.45, 7) is 0. The molecule has 1 aliphatic heterocycles. The van der Waals surface area contributed by atoms with Crippen LogP contribution in [0.2, 0.25) is 0 Å². The normalized spacial score (nSPS) is 48.7. The fraction of sp³-hybridized carbons (Fsp3) is 0.667. The van der Waals surface area contributed by atoms with Crippen molar-refractivity contribution >= 4 is 21.4 Å². The predicted molar refractivity (Wildman–Crippen MR) is 65.0 cm³/mol. The van der Waals surface area contributed by atoms with E-state index in [9.17, 15) is 8.42 Å². The highest BCUT2D eigenvalue weighted by Crippen LogP contribution is 2.63. The summed E-state index contributed by atoms with van der Waals surface area (Å²) in [7, 11) is -3.15. The maximum Gasteiger partial charge on any atom is 0.168 e. The van der Waals surface area contributed by atoms with Crippen LogP contribution < -0.4 is 0 Å². The Bertz CT molecular complexity index is 479. The van der Waals surface area contributed by atoms with Crippen LogP contribution >= 0.6 is 11.6 Å². The molecule has 0 aromatic heterocycles. The summed E-state index contributed by atoms with van der Waals surface area (Å²) in [6.07, 6.45) is 12.1. The van der Waals surface area contributed by atoms with Crippen molar-refractivity contribution in [1.82, 2.24) is 0 Å². The fourth-order valence-corrected chi connectivity index (χ4v) is 6.75. The molecule has 88 valence electrons. The van der Waals surface area contributed by atoms with Gasteiger partial charge < -0.3 is 0 Å². The molecule has 3 aliphatic rings. The van der Waals surface area contributed by atoms with E-state index in [1.165, 1.54) is 0 Å². The molecule has 1 saturated heterocycles. The van der Waals surface area contributed by atoms with Gasteiger partial charge in [0.1, 0.15) is 4.71 Å². The first kappa shape index (κ1) is 10.8. The van der Waals surface area contributed by atoms with Gasteiger partial charge in [0.25, 0.3) is 0 Å². The Morgan fingerprint density at radius 1 is 1.12 bits per heavy atom. The standard InChI is InChI=1S/C12H15ClO2S/c13-10-12-7-3-1-5-11(12,6-2-4-8-12)9-16(10,14)15/h1,3,5,7,10H,2,4,6,8-9H2/t10-,11-,12+/m1/s1. The molecule has 0 spiro atoms. The summed E-state index contributed by atoms with van der Waals surface area (Å²) >= 11 is 6.26. The van der Waals surface area contributed by atoms with Gasteiger partial charge in [0.2, 0.25) is 0 Å². The van der Waals surface area contributed by atoms with Gasteiger partial charge >= 0.3 is 0 Å². The number of hydrogen-bond acceptors (Lipinski definition) is 2. The zero-order chi connectivity index (χ0) is 11.4. The highest BCUT2D eigenvalue weighted by Gasteiger charge is 2.65. The molecule has 0 aromatic carbocycles. The average Bonchev–Trinajstić information content (AvgIpc) is 2.45. The lowest BCUT2D eigenvalue weighted by Gasteiger charge is -2.47. The predicted octanol–water partition coefficient (Wildman–Crippen LogP) is 2.65. The Hall–Kier alpha value is -0.280. The van der Waals surface area contributed by atoms with Crippen molar-refractivity contribution in [3.05, 3.63) is 24.3 Å². The van der Waals surface area contributed by atoms with E-state index in [1.807, 2.05) is 18.2 Å². The molecule has 0 aromatic rings. The molecule has 0 unspecified atom stereocenters. The highest BCUT2D eigenvalue weighted by atomic mass is 35.5. The van der Waals surface area contributed by atoms with E-state index in [2.05, 4.69) is 6.08 Å². The summed E-state index contributed by atoms with van der Waals surface area (Å²) in [5.41, 5.74) is -0.550. The Kier molecular flexibility index (Phi) is 2.13. The van der Waals surface area contributed by atoms with Crippen LogP contribution in [0.1, 0.15) is 25.7 Å². The minimum Gasteiger partial charge on any atom is -0.227 e. The van der Waals surface area contributed by atoms with Crippen molar-refractivity contribution in [1.29, 1.82) is 0 Å². The summed E-state index contributed by atoms with van der Waals surface area (Å²) in [4.78, 5) is 0. The lowest BCUT2D eigenvalue weighted by Crippen LogP contribution is -2.44. The van der Waals surface area contributed by atoms with Crippen molar-refractivity contribution < 1.29 is 8.42 Å². The topological polar surface area (TPSA) is 34.1 Å². The lowest BCUT2D eigenvalue weighted by molar-refractivity contribution is 0.122. The summed E-state index contributed by atoms with van der Waals surface area (Å²) in [6, 6.07) is 0. The first-order valence-corrected chi connectivity index (χ1v) is 7.90. The smallest absolute Gasteiger partial charge is 0.168 e. The number of alkyl halides is 1. The van der Waals surface area contributed by atoms with Gasteiger partial charge in [0, 0.05) is 10.8 Å². The van der Waals surface area contributed by atoms with Crippen LogP contribution in [0.3, 0.4) is 0 Å². The van der Waals surface area contributed by atoms with Crippen LogP contribution in [0.4, 0.5) is 0 Å². The van der Waals surface area contributed by atoms with Crippen LogP contribution in [0.25, 0.3) is 0 Å². The zero-order valence-electron chi connectivity index (χ0n) is 9.02. The van der Waals surface area contributed by atoms with E-state index in [1.54, 1.807) is 0 Å². The van der Waals surface area contributed by atoms with E-state index in [-0.39, 0.29) is 16.6 Å². The van der Waals surface area contributed by atoms with Crippen molar-refractivity contribution in [3.63, 3.8) is 0 Å². The minimum absolute atomic E-state index is 0.217. The molecule has 0 amide bonds. The summed E-state index contributed by atoms with van der Waals surface area (Å²) < 4.78 is 23.4. The molecule has 4 heteroatoms. The molecule has 0 radical (unpaired) electrons. The van der Waals surface area contributed by atoms with Crippen molar-refractivity contribution in [2.45, 2.75) is 30.4 Å². The second kappa shape index (κ2) is 3.14. The van der Waals surface area contributed by atoms with E-state index < -0.39 is 14.5 Å². The lowest BCUT2D eigenvalue weighted by atomic mass is 9.56. The number of rotatable bonds is 0. The number of sulfone groups is 1. The maximum absolute atomic E-state index is 12.1. The molecule has 0 N–H and O–H groups in total. The number of halogens is 1. The van der Waals surface area contributed by atoms with E-state index >= 15 is 0 Å². The van der Waals surface area contributed by atoms with E-state index in [0.717, 1.165) is 25.7 Å². The van der Waals surface area contributed by atoms with Gasteiger partial charge in [-0.1, -0.05) is 37.1 Å². The average molecular weight is 259 g/mol. The largest absolute Gasteiger partial charge is 0.227 e. The third-order valence-electron chi connectivity index (χ3n) is 4.49. The van der Waals surface area contributed by atoms with Crippen molar-refractivity contribution in [3.8, 4) is 0 Å². The van der Waals surface area contributed by atoms with Gasteiger partial charge in [-0.15, -0.1) is 11.6 Å². The van der Waals surface area contributed by atoms with Crippen LogP contribution in [-0.2, 0) is 9.84 Å². The fourth-order valence-electron chi connectivity index (χ4n) is 3.72. The van der Waals surface area contributed by atoms with Crippen molar-refractivity contribution in [2.24, 2.45) is 10.8 Å². The van der Waals surface area contributed by atoms with Gasteiger partial charge in [-0.05, 0) is 12.8 Å². The minimum atomic E-state index is -3.15. The molecule has 1 heterocycles. The van der Waals surface area contributed by atoms with Gasteiger partial charge in [0.05, 0.1) is 5.75 Å². The van der Waals surface area contributed by atoms with Crippen LogP contribution in [0.5, 0.6) is 0 Å². The molecule has 2 fully saturated rings. The van der Waals surface area contributed by atoms with Crippen LogP contribution in [0.15, 0.2) is 24.3 Å². The number of hydrogen-bond donors (Lipinski definition) is 0. The Labute approximate surface area is 101 Å². The molecular weight excluding hydrogens is 244 g/mol. The second-order valence-corrected chi connectivity index (χ2v) is 8.03. The van der Waals surface area contributed by atoms with Gasteiger partial charge in [0.15, 0.2) is 9.84 Å². The summed E-state index contributed by atoms with van der Waals surface area (Å²) in [5, 5.41) is 0. The van der Waals surface area contributed by atoms with Gasteiger partial charge in [-0.25, -0.2) is 8.42 Å². The maximum atomic E-state index is 12.1. The molecule has 0 bridgehead atoms.